The van der Waals surface area contributed by atoms with Gasteiger partial charge in [-0.2, -0.15) is 0 Å². The maximum atomic E-state index is 5.58. The Morgan fingerprint density at radius 3 is 0.833 bits per heavy atom. The Morgan fingerprint density at radius 2 is 0.511 bits per heavy atom. The van der Waals surface area contributed by atoms with Crippen LogP contribution in [0.25, 0.3) is 68.6 Å². The van der Waals surface area contributed by atoms with Gasteiger partial charge >= 0.3 is 0 Å². The van der Waals surface area contributed by atoms with Crippen LogP contribution in [-0.4, -0.2) is 19.9 Å². The molecule has 0 spiro atoms. The molecule has 8 heterocycles. The fourth-order valence-corrected chi connectivity index (χ4v) is 22.6. The zero-order valence-electron chi connectivity index (χ0n) is 57.5. The monoisotopic (exact) mass is 1370 g/mol. The molecule has 0 aliphatic carbocycles. The molecule has 12 heteroatoms. The summed E-state index contributed by atoms with van der Waals surface area (Å²) in [5.41, 5.74) is 5.99. The van der Waals surface area contributed by atoms with Gasteiger partial charge in [0, 0.05) is 19.5 Å². The molecular formula is C78H118N4S8. The van der Waals surface area contributed by atoms with Crippen molar-refractivity contribution >= 4 is 110 Å². The molecule has 8 aromatic heterocycles. The smallest absolute Gasteiger partial charge is 0.155 e. The zero-order chi connectivity index (χ0) is 63.0. The second-order valence-corrected chi connectivity index (χ2v) is 35.4. The van der Waals surface area contributed by atoms with Crippen LogP contribution in [0.2, 0.25) is 0 Å². The average Bonchev–Trinajstić information content (AvgIpc) is 1.63. The van der Waals surface area contributed by atoms with E-state index < -0.39 is 0 Å². The Kier molecular flexibility index (Phi) is 34.7. The number of unbranched alkanes of at least 4 members (excludes halogenated alkanes) is 35. The predicted molar refractivity (Wildman–Crippen MR) is 413 cm³/mol. The summed E-state index contributed by atoms with van der Waals surface area (Å²) in [7, 11) is 0. The van der Waals surface area contributed by atoms with E-state index in [9.17, 15) is 0 Å². The molecule has 90 heavy (non-hydrogen) atoms. The van der Waals surface area contributed by atoms with E-state index in [1.54, 1.807) is 0 Å². The Morgan fingerprint density at radius 1 is 0.267 bits per heavy atom. The van der Waals surface area contributed by atoms with Gasteiger partial charge in [0.15, 0.2) is 19.3 Å². The van der Waals surface area contributed by atoms with Gasteiger partial charge in [-0.3, -0.25) is 0 Å². The van der Waals surface area contributed by atoms with Gasteiger partial charge < -0.3 is 0 Å². The molecule has 8 rings (SSSR count). The molecule has 0 radical (unpaired) electrons. The Labute approximate surface area is 580 Å². The molecule has 8 aromatic rings. The lowest BCUT2D eigenvalue weighted by Gasteiger charge is -2.17. The van der Waals surface area contributed by atoms with Gasteiger partial charge in [0.2, 0.25) is 0 Å². The van der Waals surface area contributed by atoms with Gasteiger partial charge in [0.05, 0.1) is 19.5 Å². The third kappa shape index (κ3) is 24.2. The molecular weight excluding hydrogens is 1250 g/mol. The molecule has 0 aliphatic rings. The highest BCUT2D eigenvalue weighted by Crippen LogP contribution is 2.50. The van der Waals surface area contributed by atoms with E-state index in [0.717, 1.165) is 45.0 Å². The summed E-state index contributed by atoms with van der Waals surface area (Å²) < 4.78 is 0. The second kappa shape index (κ2) is 42.4. The molecule has 0 bridgehead atoms. The minimum absolute atomic E-state index is 0.691. The summed E-state index contributed by atoms with van der Waals surface area (Å²) in [5, 5.41) is 4.69. The molecule has 1 unspecified atom stereocenters. The van der Waals surface area contributed by atoms with Crippen LogP contribution in [0.1, 0.15) is 336 Å². The number of thiazole rings is 4. The third-order valence-electron chi connectivity index (χ3n) is 18.8. The Bertz CT molecular complexity index is 3120. The third-order valence-corrected chi connectivity index (χ3v) is 28.2. The number of nitrogens with zero attached hydrogens (tertiary/aromatic N) is 4. The number of hydrogen-bond acceptors (Lipinski definition) is 12. The number of aryl methyl sites for hydroxylation is 5. The van der Waals surface area contributed by atoms with Crippen molar-refractivity contribution in [3.8, 4) is 49.3 Å². The molecule has 1 atom stereocenters. The standard InChI is InChI=1S/C78H118N4S8/c1-8-13-18-23-27-29-31-33-35-37-41-46-51-62-54-59(7)84-68(62)71-79-75-77(87-71)81-73(89-75)69-63(52-47-42-38-36-34-32-30-28-24-19-14-9-2)56-65(85-69)66-57-64(55-60(48-43-22-17-12-5)49-44-39-25-20-15-10-3)70(86-66)74-82-78-76(90-74)80-72(88-78)67-61(53-58(6)83-67)50-45-40-26-21-16-11-4/h53-54,56-57,60H,8-52,55H2,1-7H3. The van der Waals surface area contributed by atoms with Crippen LogP contribution < -0.4 is 0 Å². The molecule has 0 fully saturated rings. The van der Waals surface area contributed by atoms with E-state index in [2.05, 4.69) is 72.7 Å². The second-order valence-electron chi connectivity index (χ2n) is 26.9. The van der Waals surface area contributed by atoms with Crippen molar-refractivity contribution in [1.82, 2.24) is 19.9 Å². The van der Waals surface area contributed by atoms with Crippen molar-refractivity contribution < 1.29 is 0 Å². The SMILES string of the molecule is CCCCCCCCCCCCCCc1cc(C)sc1-c1nc2sc(-c3sc(-c4cc(CC(CCCCCC)CCCCCCCC)c(-c5nc6sc(-c7sc(C)cc7CCCCCCCC)nc6s5)s4)cc3CCCCCCCCCCCCCC)nc2s1. The topological polar surface area (TPSA) is 51.6 Å². The van der Waals surface area contributed by atoms with Crippen molar-refractivity contribution in [3.63, 3.8) is 0 Å². The van der Waals surface area contributed by atoms with Crippen LogP contribution in [0.3, 0.4) is 0 Å². The summed E-state index contributed by atoms with van der Waals surface area (Å²) in [6.45, 7) is 16.2. The van der Waals surface area contributed by atoms with Crippen LogP contribution >= 0.6 is 90.7 Å². The predicted octanol–water partition coefficient (Wildman–Crippen LogP) is 30.3. The summed E-state index contributed by atoms with van der Waals surface area (Å²) in [5.74, 6) is 0.691. The van der Waals surface area contributed by atoms with Gasteiger partial charge in [-0.05, 0) is 111 Å². The van der Waals surface area contributed by atoms with Gasteiger partial charge in [-0.15, -0.1) is 45.3 Å². The first-order valence-corrected chi connectivity index (χ1v) is 43.8. The van der Waals surface area contributed by atoms with Crippen molar-refractivity contribution in [2.45, 2.75) is 344 Å². The van der Waals surface area contributed by atoms with Crippen LogP contribution in [0.4, 0.5) is 0 Å². The molecule has 0 saturated carbocycles. The van der Waals surface area contributed by atoms with E-state index in [-0.39, 0.29) is 0 Å². The molecule has 0 aliphatic heterocycles. The van der Waals surface area contributed by atoms with Crippen LogP contribution in [-0.2, 0) is 25.7 Å². The lowest BCUT2D eigenvalue weighted by Crippen LogP contribution is -2.05. The summed E-state index contributed by atoms with van der Waals surface area (Å²) in [4.78, 5) is 37.6. The first-order chi connectivity index (χ1) is 44.3. The van der Waals surface area contributed by atoms with Crippen LogP contribution in [0.5, 0.6) is 0 Å². The molecule has 498 valence electrons. The highest BCUT2D eigenvalue weighted by molar-refractivity contribution is 7.34. The van der Waals surface area contributed by atoms with E-state index in [0.29, 0.717) is 5.92 Å². The first kappa shape index (κ1) is 73.6. The minimum atomic E-state index is 0.691. The van der Waals surface area contributed by atoms with Gasteiger partial charge in [-0.1, -0.05) is 330 Å². The molecule has 0 saturated heterocycles. The van der Waals surface area contributed by atoms with Crippen LogP contribution in [0, 0.1) is 19.8 Å². The van der Waals surface area contributed by atoms with Crippen molar-refractivity contribution in [2.75, 3.05) is 0 Å². The minimum Gasteiger partial charge on any atom is -0.222 e. The fraction of sp³-hybridized carbons (Fsp3) is 0.692. The Hall–Kier alpha value is -2.16. The maximum absolute atomic E-state index is 5.58. The summed E-state index contributed by atoms with van der Waals surface area (Å²) in [6.07, 6.45) is 61.8. The van der Waals surface area contributed by atoms with E-state index in [1.807, 2.05) is 90.7 Å². The first-order valence-electron chi connectivity index (χ1n) is 37.3. The highest BCUT2D eigenvalue weighted by atomic mass is 32.1. The fourth-order valence-electron chi connectivity index (χ4n) is 13.5. The highest BCUT2D eigenvalue weighted by Gasteiger charge is 2.26. The summed E-state index contributed by atoms with van der Waals surface area (Å²) >= 11 is 15.3. The molecule has 0 N–H and O–H groups in total. The van der Waals surface area contributed by atoms with Gasteiger partial charge in [0.1, 0.15) is 20.0 Å². The number of fused-ring (bicyclic) bond motifs is 2. The zero-order valence-corrected chi connectivity index (χ0v) is 64.0. The van der Waals surface area contributed by atoms with Gasteiger partial charge in [-0.25, -0.2) is 19.9 Å². The molecule has 0 amide bonds. The van der Waals surface area contributed by atoms with Crippen molar-refractivity contribution in [3.05, 3.63) is 56.3 Å². The Balaban J connectivity index is 1.04. The van der Waals surface area contributed by atoms with E-state index >= 15 is 0 Å². The lowest BCUT2D eigenvalue weighted by molar-refractivity contribution is 0.403. The number of aromatic nitrogens is 4. The normalized spacial score (nSPS) is 12.4. The average molecular weight is 1370 g/mol. The van der Waals surface area contributed by atoms with E-state index in [4.69, 9.17) is 19.9 Å². The van der Waals surface area contributed by atoms with E-state index in [1.165, 1.54) is 351 Å². The number of hydrogen-bond donors (Lipinski definition) is 0. The van der Waals surface area contributed by atoms with Gasteiger partial charge in [0.25, 0.3) is 0 Å². The largest absolute Gasteiger partial charge is 0.222 e. The van der Waals surface area contributed by atoms with Crippen molar-refractivity contribution in [2.24, 2.45) is 5.92 Å². The van der Waals surface area contributed by atoms with Crippen LogP contribution in [0.15, 0.2) is 24.3 Å². The molecule has 0 aromatic carbocycles. The maximum Gasteiger partial charge on any atom is 0.155 e. The lowest BCUT2D eigenvalue weighted by atomic mass is 9.88. The summed E-state index contributed by atoms with van der Waals surface area (Å²) in [6, 6.07) is 10.1. The quantitative estimate of drug-likeness (QED) is 0.0357. The number of thiophene rings is 4. The number of rotatable bonds is 52. The molecule has 4 nitrogen and oxygen atoms in total. The van der Waals surface area contributed by atoms with Crippen molar-refractivity contribution in [1.29, 1.82) is 0 Å².